The van der Waals surface area contributed by atoms with Crippen LogP contribution in [0.1, 0.15) is 50.1 Å². The standard InChI is InChI=1S/C32H38FN7O2/c1-3-19-13-29(41)24(33)14-23(19)20-8-9-22-25(12-20)36-37-30(22)31-34-26-15-28(38(4-2)18-27(26)35-31)32(42)40-16-21(17-40)39-10-6-5-7-11-39/h8-9,12-14,21,28,41H,3-7,10-11,15-18H2,1-2H3,(H,34,35)(H,36,37). The van der Waals surface area contributed by atoms with Gasteiger partial charge < -0.3 is 15.0 Å². The molecule has 0 spiro atoms. The molecule has 2 saturated heterocycles. The maximum atomic E-state index is 14.2. The molecule has 7 rings (SSSR count). The number of hydrogen-bond donors (Lipinski definition) is 3. The average Bonchev–Trinajstić information content (AvgIpc) is 3.60. The van der Waals surface area contributed by atoms with E-state index in [2.05, 4.69) is 31.9 Å². The molecule has 10 heteroatoms. The lowest BCUT2D eigenvalue weighted by Gasteiger charge is -2.48. The lowest BCUT2D eigenvalue weighted by molar-refractivity contribution is -0.145. The Balaban J connectivity index is 1.11. The van der Waals surface area contributed by atoms with Gasteiger partial charge in [-0.25, -0.2) is 9.37 Å². The van der Waals surface area contributed by atoms with Gasteiger partial charge in [0.2, 0.25) is 5.91 Å². The number of imidazole rings is 1. The summed E-state index contributed by atoms with van der Waals surface area (Å²) in [5, 5.41) is 18.4. The molecule has 3 aliphatic rings. The zero-order chi connectivity index (χ0) is 29.0. The largest absolute Gasteiger partial charge is 0.505 e. The lowest BCUT2D eigenvalue weighted by Crippen LogP contribution is -2.65. The number of aromatic hydroxyl groups is 1. The van der Waals surface area contributed by atoms with E-state index in [1.165, 1.54) is 31.4 Å². The van der Waals surface area contributed by atoms with E-state index >= 15 is 0 Å². The topological polar surface area (TPSA) is 104 Å². The molecule has 1 amide bonds. The smallest absolute Gasteiger partial charge is 0.240 e. The Morgan fingerprint density at radius 2 is 1.93 bits per heavy atom. The first kappa shape index (κ1) is 27.1. The van der Waals surface area contributed by atoms with E-state index in [0.717, 1.165) is 77.4 Å². The van der Waals surface area contributed by atoms with Gasteiger partial charge in [0.05, 0.1) is 22.9 Å². The van der Waals surface area contributed by atoms with Gasteiger partial charge in [-0.15, -0.1) is 0 Å². The van der Waals surface area contributed by atoms with Crippen LogP contribution in [-0.4, -0.2) is 90.7 Å². The second-order valence-corrected chi connectivity index (χ2v) is 11.9. The summed E-state index contributed by atoms with van der Waals surface area (Å²) >= 11 is 0. The Kier molecular flexibility index (Phi) is 6.98. The molecule has 0 bridgehead atoms. The molecular weight excluding hydrogens is 533 g/mol. The molecule has 0 saturated carbocycles. The lowest BCUT2D eigenvalue weighted by atomic mass is 9.96. The zero-order valence-electron chi connectivity index (χ0n) is 24.3. The Hall–Kier alpha value is -3.76. The number of nitrogens with one attached hydrogen (secondary N) is 2. The summed E-state index contributed by atoms with van der Waals surface area (Å²) < 4.78 is 14.2. The van der Waals surface area contributed by atoms with Crippen LogP contribution in [0.15, 0.2) is 30.3 Å². The number of H-pyrrole nitrogens is 2. The van der Waals surface area contributed by atoms with Crippen LogP contribution in [0.4, 0.5) is 4.39 Å². The fourth-order valence-corrected chi connectivity index (χ4v) is 6.95. The van der Waals surface area contributed by atoms with Crippen LogP contribution in [-0.2, 0) is 24.2 Å². The molecule has 9 nitrogen and oxygen atoms in total. The number of aromatic nitrogens is 4. The highest BCUT2D eigenvalue weighted by Crippen LogP contribution is 2.34. The number of fused-ring (bicyclic) bond motifs is 2. The fraction of sp³-hybridized carbons (Fsp3) is 0.469. The van der Waals surface area contributed by atoms with Crippen LogP contribution in [0, 0.1) is 5.82 Å². The van der Waals surface area contributed by atoms with Gasteiger partial charge in [0.15, 0.2) is 17.4 Å². The molecule has 3 N–H and O–H groups in total. The first-order valence-corrected chi connectivity index (χ1v) is 15.3. The van der Waals surface area contributed by atoms with Crippen molar-refractivity contribution in [1.29, 1.82) is 0 Å². The zero-order valence-corrected chi connectivity index (χ0v) is 24.3. The molecule has 220 valence electrons. The number of aryl methyl sites for hydroxylation is 1. The Morgan fingerprint density at radius 3 is 2.69 bits per heavy atom. The van der Waals surface area contributed by atoms with Crippen molar-refractivity contribution in [1.82, 2.24) is 34.9 Å². The average molecular weight is 572 g/mol. The highest BCUT2D eigenvalue weighted by Gasteiger charge is 2.41. The number of nitrogens with zero attached hydrogens (tertiary/aromatic N) is 5. The molecule has 3 aliphatic heterocycles. The SMILES string of the molecule is CCc1cc(O)c(F)cc1-c1ccc2c(-c3nc4c([nH]3)CN(CC)C(C(=O)N3CC(N5CCCCC5)C3)C4)n[nH]c2c1. The molecule has 0 aliphatic carbocycles. The summed E-state index contributed by atoms with van der Waals surface area (Å²) in [7, 11) is 0. The maximum absolute atomic E-state index is 14.2. The number of likely N-dealkylation sites (N-methyl/N-ethyl adjacent to an activating group) is 1. The van der Waals surface area contributed by atoms with Gasteiger partial charge >= 0.3 is 0 Å². The molecule has 2 aromatic heterocycles. The maximum Gasteiger partial charge on any atom is 0.240 e. The molecule has 5 heterocycles. The second kappa shape index (κ2) is 10.8. The molecule has 1 atom stereocenters. The summed E-state index contributed by atoms with van der Waals surface area (Å²) in [4.78, 5) is 28.9. The highest BCUT2D eigenvalue weighted by molar-refractivity contribution is 5.94. The first-order chi connectivity index (χ1) is 20.4. The molecule has 0 radical (unpaired) electrons. The van der Waals surface area contributed by atoms with E-state index < -0.39 is 5.82 Å². The summed E-state index contributed by atoms with van der Waals surface area (Å²) in [6.45, 7) is 9.53. The summed E-state index contributed by atoms with van der Waals surface area (Å²) in [6.07, 6.45) is 5.12. The number of carbonyl (C=O) groups excluding carboxylic acids is 1. The molecule has 2 aromatic carbocycles. The van der Waals surface area contributed by atoms with Gasteiger partial charge in [-0.3, -0.25) is 19.7 Å². The minimum absolute atomic E-state index is 0.196. The first-order valence-electron chi connectivity index (χ1n) is 15.3. The summed E-state index contributed by atoms with van der Waals surface area (Å²) in [5.41, 5.74) is 5.97. The number of aromatic amines is 2. The van der Waals surface area contributed by atoms with E-state index in [0.29, 0.717) is 31.3 Å². The van der Waals surface area contributed by atoms with Crippen LogP contribution in [0.25, 0.3) is 33.5 Å². The normalized spacial score (nSPS) is 20.2. The van der Waals surface area contributed by atoms with Crippen LogP contribution in [0.3, 0.4) is 0 Å². The van der Waals surface area contributed by atoms with E-state index in [-0.39, 0.29) is 17.7 Å². The van der Waals surface area contributed by atoms with Crippen LogP contribution in [0.5, 0.6) is 5.75 Å². The van der Waals surface area contributed by atoms with E-state index in [4.69, 9.17) is 4.98 Å². The van der Waals surface area contributed by atoms with Gasteiger partial charge in [0, 0.05) is 37.5 Å². The highest BCUT2D eigenvalue weighted by atomic mass is 19.1. The molecular formula is C32H38FN7O2. The third-order valence-electron chi connectivity index (χ3n) is 9.48. The van der Waals surface area contributed by atoms with Gasteiger partial charge in [0.1, 0.15) is 5.69 Å². The minimum atomic E-state index is -0.636. The van der Waals surface area contributed by atoms with Gasteiger partial charge in [-0.1, -0.05) is 26.3 Å². The van der Waals surface area contributed by atoms with Gasteiger partial charge in [-0.2, -0.15) is 5.10 Å². The van der Waals surface area contributed by atoms with Crippen molar-refractivity contribution in [3.63, 3.8) is 0 Å². The monoisotopic (exact) mass is 571 g/mol. The predicted octanol–water partition coefficient (Wildman–Crippen LogP) is 4.47. The number of phenolic OH excluding ortho intramolecular Hbond substituents is 1. The number of rotatable bonds is 6. The Labute approximate surface area is 244 Å². The molecule has 4 aromatic rings. The number of amides is 1. The van der Waals surface area contributed by atoms with Gasteiger partial charge in [0.25, 0.3) is 0 Å². The predicted molar refractivity (Wildman–Crippen MR) is 159 cm³/mol. The molecule has 1 unspecified atom stereocenters. The number of phenols is 1. The van der Waals surface area contributed by atoms with E-state index in [9.17, 15) is 14.3 Å². The van der Waals surface area contributed by atoms with Crippen LogP contribution in [0.2, 0.25) is 0 Å². The van der Waals surface area contributed by atoms with Crippen molar-refractivity contribution in [3.8, 4) is 28.4 Å². The number of hydrogen-bond acceptors (Lipinski definition) is 6. The van der Waals surface area contributed by atoms with E-state index in [1.54, 1.807) is 0 Å². The Bertz CT molecular complexity index is 1630. The number of halogens is 1. The second-order valence-electron chi connectivity index (χ2n) is 11.9. The molecule has 42 heavy (non-hydrogen) atoms. The third-order valence-corrected chi connectivity index (χ3v) is 9.48. The van der Waals surface area contributed by atoms with Crippen molar-refractivity contribution in [2.24, 2.45) is 0 Å². The minimum Gasteiger partial charge on any atom is -0.505 e. The van der Waals surface area contributed by atoms with Crippen molar-refractivity contribution < 1.29 is 14.3 Å². The molecule has 2 fully saturated rings. The van der Waals surface area contributed by atoms with Gasteiger partial charge in [-0.05, 0) is 79.9 Å². The fourth-order valence-electron chi connectivity index (χ4n) is 6.95. The summed E-state index contributed by atoms with van der Waals surface area (Å²) in [5.74, 6) is -0.0700. The quantitative estimate of drug-likeness (QED) is 0.316. The number of likely N-dealkylation sites (tertiary alicyclic amines) is 2. The number of carbonyl (C=O) groups is 1. The van der Waals surface area contributed by atoms with E-state index in [1.807, 2.05) is 30.0 Å². The van der Waals surface area contributed by atoms with Crippen LogP contribution >= 0.6 is 0 Å². The van der Waals surface area contributed by atoms with Crippen molar-refractivity contribution >= 4 is 16.8 Å². The third kappa shape index (κ3) is 4.66. The van der Waals surface area contributed by atoms with Crippen molar-refractivity contribution in [2.45, 2.75) is 64.6 Å². The number of benzene rings is 2. The van der Waals surface area contributed by atoms with Crippen molar-refractivity contribution in [2.75, 3.05) is 32.7 Å². The number of piperidine rings is 1. The van der Waals surface area contributed by atoms with Crippen molar-refractivity contribution in [3.05, 3.63) is 53.1 Å². The Morgan fingerprint density at radius 1 is 1.12 bits per heavy atom. The van der Waals surface area contributed by atoms with Crippen LogP contribution < -0.4 is 0 Å². The summed E-state index contributed by atoms with van der Waals surface area (Å²) in [6, 6.07) is 9.08.